The van der Waals surface area contributed by atoms with Crippen LogP contribution in [0.1, 0.15) is 135 Å². The predicted molar refractivity (Wildman–Crippen MR) is 219 cm³/mol. The molecule has 0 radical (unpaired) electrons. The zero-order valence-corrected chi connectivity index (χ0v) is 36.2. The second-order valence-electron chi connectivity index (χ2n) is 17.5. The van der Waals surface area contributed by atoms with Crippen LogP contribution in [0.25, 0.3) is 0 Å². The lowest BCUT2D eigenvalue weighted by Crippen LogP contribution is -2.28. The van der Waals surface area contributed by atoms with Crippen molar-refractivity contribution in [2.24, 2.45) is 0 Å². The molecule has 3 heterocycles. The van der Waals surface area contributed by atoms with E-state index in [2.05, 4.69) is 178 Å². The van der Waals surface area contributed by atoms with E-state index in [1.165, 1.54) is 33.9 Å². The highest BCUT2D eigenvalue weighted by Crippen LogP contribution is 2.57. The van der Waals surface area contributed by atoms with Crippen LogP contribution in [0.15, 0.2) is 48.5 Å². The Hall–Kier alpha value is -2.74. The van der Waals surface area contributed by atoms with Crippen molar-refractivity contribution in [2.75, 3.05) is 7.11 Å². The van der Waals surface area contributed by atoms with E-state index in [-0.39, 0.29) is 35.6 Å². The number of benzene rings is 2. The molecule has 50 heavy (non-hydrogen) atoms. The average Bonchev–Trinajstić information content (AvgIpc) is 3.53. The SMILES string of the molecule is CCC(C)(POc1cc(C(C)(C)C)cc2c1Oc1c(OC)cc(C(C)(C)C)cc1C2(C)C)n1c(C)ccc1C.Cc1ccc(C)n1C(C)(C)P. The van der Waals surface area contributed by atoms with Crippen molar-refractivity contribution >= 4 is 18.0 Å². The number of aryl methyl sites for hydroxylation is 4. The van der Waals surface area contributed by atoms with Gasteiger partial charge in [-0.2, -0.15) is 0 Å². The molecule has 0 spiro atoms. The molecule has 0 saturated heterocycles. The van der Waals surface area contributed by atoms with Gasteiger partial charge in [0.1, 0.15) is 0 Å². The van der Waals surface area contributed by atoms with E-state index in [0.717, 1.165) is 40.5 Å². The van der Waals surface area contributed by atoms with Crippen molar-refractivity contribution < 1.29 is 14.0 Å². The molecular formula is C43H64N2O3P2. The van der Waals surface area contributed by atoms with Crippen molar-refractivity contribution in [1.82, 2.24) is 9.13 Å². The third-order valence-electron chi connectivity index (χ3n) is 10.3. The first-order valence-corrected chi connectivity index (χ1v) is 19.5. The van der Waals surface area contributed by atoms with Gasteiger partial charge in [-0.15, -0.1) is 9.24 Å². The Morgan fingerprint density at radius 1 is 0.680 bits per heavy atom. The van der Waals surface area contributed by atoms with E-state index in [1.54, 1.807) is 7.11 Å². The van der Waals surface area contributed by atoms with E-state index >= 15 is 0 Å². The molecule has 5 nitrogen and oxygen atoms in total. The largest absolute Gasteiger partial charge is 0.493 e. The first-order valence-electron chi connectivity index (χ1n) is 18.0. The van der Waals surface area contributed by atoms with Gasteiger partial charge in [0.25, 0.3) is 0 Å². The topological polar surface area (TPSA) is 37.6 Å². The van der Waals surface area contributed by atoms with Gasteiger partial charge in [-0.25, -0.2) is 0 Å². The summed E-state index contributed by atoms with van der Waals surface area (Å²) in [5.74, 6) is 3.16. The summed E-state index contributed by atoms with van der Waals surface area (Å²) in [6.07, 6.45) is 0.960. The highest BCUT2D eigenvalue weighted by molar-refractivity contribution is 7.33. The van der Waals surface area contributed by atoms with Crippen molar-refractivity contribution in [3.63, 3.8) is 0 Å². The molecule has 5 rings (SSSR count). The lowest BCUT2D eigenvalue weighted by atomic mass is 9.72. The fraction of sp³-hybridized carbons (Fsp3) is 0.535. The zero-order chi connectivity index (χ0) is 37.8. The third kappa shape index (κ3) is 7.85. The van der Waals surface area contributed by atoms with Gasteiger partial charge < -0.3 is 23.1 Å². The van der Waals surface area contributed by atoms with E-state index in [1.807, 2.05) is 0 Å². The Kier molecular flexibility index (Phi) is 11.2. The molecule has 3 unspecified atom stereocenters. The van der Waals surface area contributed by atoms with Crippen LogP contribution in [0.4, 0.5) is 0 Å². The molecular weight excluding hydrogens is 654 g/mol. The Balaban J connectivity index is 0.000000435. The maximum Gasteiger partial charge on any atom is 0.173 e. The number of fused-ring (bicyclic) bond motifs is 2. The van der Waals surface area contributed by atoms with Crippen LogP contribution in [0, 0.1) is 27.7 Å². The van der Waals surface area contributed by atoms with Crippen LogP contribution >= 0.6 is 18.0 Å². The summed E-state index contributed by atoms with van der Waals surface area (Å²) in [5.41, 5.74) is 9.57. The summed E-state index contributed by atoms with van der Waals surface area (Å²) in [7, 11) is 4.79. The van der Waals surface area contributed by atoms with Gasteiger partial charge in [-0.05, 0) is 113 Å². The molecule has 3 atom stereocenters. The van der Waals surface area contributed by atoms with Crippen LogP contribution in [0.5, 0.6) is 23.0 Å². The number of methoxy groups -OCH3 is 1. The van der Waals surface area contributed by atoms with Crippen LogP contribution in [-0.4, -0.2) is 16.2 Å². The molecule has 1 aliphatic heterocycles. The van der Waals surface area contributed by atoms with Gasteiger partial charge >= 0.3 is 0 Å². The maximum atomic E-state index is 6.83. The molecule has 0 amide bonds. The normalized spacial score (nSPS) is 15.5. The summed E-state index contributed by atoms with van der Waals surface area (Å²) >= 11 is 0. The predicted octanol–water partition coefficient (Wildman–Crippen LogP) is 12.6. The highest BCUT2D eigenvalue weighted by Gasteiger charge is 2.40. The molecule has 0 bridgehead atoms. The number of aromatic nitrogens is 2. The minimum Gasteiger partial charge on any atom is -0.493 e. The number of nitrogens with zero attached hydrogens (tertiary/aromatic N) is 2. The van der Waals surface area contributed by atoms with E-state index < -0.39 is 0 Å². The summed E-state index contributed by atoms with van der Waals surface area (Å²) in [6, 6.07) is 17.6. The summed E-state index contributed by atoms with van der Waals surface area (Å²) in [5, 5.41) is -0.0264. The minimum absolute atomic E-state index is 0.0132. The standard InChI is InChI=1S/C34H48NO3P.C9H16NP/c1-14-34(12,35-21(2)15-16-22(35)3)39-38-28-20-24(32(7,8)9)18-26-30(28)37-29-25(33(26,10)11)17-23(31(4,5)6)19-27(29)36-13;1-7-5-6-8(2)10(7)9(3,4)11/h15-20,39H,14H2,1-13H3;5-6H,11H2,1-4H3. The average molecular weight is 719 g/mol. The molecule has 2 aromatic heterocycles. The lowest BCUT2D eigenvalue weighted by molar-refractivity contribution is 0.346. The highest BCUT2D eigenvalue weighted by atomic mass is 31.1. The first-order chi connectivity index (χ1) is 22.9. The number of rotatable bonds is 7. The summed E-state index contributed by atoms with van der Waals surface area (Å²) < 4.78 is 24.3. The molecule has 7 heteroatoms. The number of hydrogen-bond donors (Lipinski definition) is 0. The lowest BCUT2D eigenvalue weighted by Gasteiger charge is -2.39. The molecule has 0 fully saturated rings. The molecule has 2 aromatic carbocycles. The van der Waals surface area contributed by atoms with Crippen molar-refractivity contribution in [1.29, 1.82) is 0 Å². The van der Waals surface area contributed by atoms with E-state index in [0.29, 0.717) is 0 Å². The Morgan fingerprint density at radius 3 is 1.44 bits per heavy atom. The van der Waals surface area contributed by atoms with Crippen LogP contribution in [0.2, 0.25) is 0 Å². The van der Waals surface area contributed by atoms with Gasteiger partial charge in [-0.3, -0.25) is 0 Å². The fourth-order valence-electron chi connectivity index (χ4n) is 7.15. The summed E-state index contributed by atoms with van der Waals surface area (Å²) in [6.45, 7) is 35.6. The molecule has 274 valence electrons. The Morgan fingerprint density at radius 2 is 1.08 bits per heavy atom. The van der Waals surface area contributed by atoms with Gasteiger partial charge in [-0.1, -0.05) is 74.4 Å². The van der Waals surface area contributed by atoms with Crippen LogP contribution in [-0.2, 0) is 26.8 Å². The summed E-state index contributed by atoms with van der Waals surface area (Å²) in [4.78, 5) is 0. The van der Waals surface area contributed by atoms with Crippen molar-refractivity contribution in [3.05, 3.63) is 93.6 Å². The van der Waals surface area contributed by atoms with Crippen molar-refractivity contribution in [2.45, 2.75) is 144 Å². The van der Waals surface area contributed by atoms with Gasteiger partial charge in [0.15, 0.2) is 23.0 Å². The first kappa shape index (κ1) is 40.0. The number of ether oxygens (including phenoxy) is 2. The van der Waals surface area contributed by atoms with Gasteiger partial charge in [0.05, 0.1) is 26.5 Å². The fourth-order valence-corrected chi connectivity index (χ4v) is 8.63. The zero-order valence-electron chi connectivity index (χ0n) is 34.0. The maximum absolute atomic E-state index is 6.83. The minimum atomic E-state index is -0.304. The molecule has 0 saturated carbocycles. The molecule has 1 aliphatic rings. The van der Waals surface area contributed by atoms with Crippen molar-refractivity contribution in [3.8, 4) is 23.0 Å². The monoisotopic (exact) mass is 718 g/mol. The Bertz CT molecular complexity index is 1800. The van der Waals surface area contributed by atoms with E-state index in [4.69, 9.17) is 14.0 Å². The molecule has 0 N–H and O–H groups in total. The second kappa shape index (κ2) is 14.0. The number of hydrogen-bond acceptors (Lipinski definition) is 3. The third-order valence-corrected chi connectivity index (χ3v) is 11.9. The van der Waals surface area contributed by atoms with Gasteiger partial charge in [0.2, 0.25) is 0 Å². The van der Waals surface area contributed by atoms with Crippen LogP contribution in [0.3, 0.4) is 0 Å². The Labute approximate surface area is 308 Å². The van der Waals surface area contributed by atoms with Gasteiger partial charge in [0, 0.05) is 39.3 Å². The van der Waals surface area contributed by atoms with E-state index in [9.17, 15) is 0 Å². The smallest absolute Gasteiger partial charge is 0.173 e. The quantitative estimate of drug-likeness (QED) is 0.179. The second-order valence-corrected chi connectivity index (χ2v) is 20.4. The molecule has 4 aromatic rings. The van der Waals surface area contributed by atoms with Crippen LogP contribution < -0.4 is 14.0 Å². The molecule has 0 aliphatic carbocycles.